The number of benzene rings is 1. The number of hydrogen-bond donors (Lipinski definition) is 1. The van der Waals surface area contributed by atoms with Crippen LogP contribution in [0.5, 0.6) is 11.5 Å². The highest BCUT2D eigenvalue weighted by atomic mass is 32.1. The van der Waals surface area contributed by atoms with Gasteiger partial charge in [-0.25, -0.2) is 0 Å². The summed E-state index contributed by atoms with van der Waals surface area (Å²) in [6.07, 6.45) is 3.93. The van der Waals surface area contributed by atoms with Crippen LogP contribution in [0.4, 0.5) is 5.13 Å². The lowest BCUT2D eigenvalue weighted by Crippen LogP contribution is -2.07. The maximum absolute atomic E-state index is 11.8. The lowest BCUT2D eigenvalue weighted by Gasteiger charge is -2.07. The molecular formula is C15H17N3O3S. The molecule has 7 heteroatoms. The minimum Gasteiger partial charge on any atom is -0.493 e. The fourth-order valence-electron chi connectivity index (χ4n) is 1.72. The van der Waals surface area contributed by atoms with Crippen LogP contribution in [-0.2, 0) is 11.2 Å². The van der Waals surface area contributed by atoms with Crippen LogP contribution in [0.3, 0.4) is 0 Å². The van der Waals surface area contributed by atoms with E-state index in [9.17, 15) is 4.79 Å². The maximum atomic E-state index is 11.8. The fourth-order valence-corrected chi connectivity index (χ4v) is 2.40. The normalized spacial score (nSPS) is 10.7. The molecular weight excluding hydrogens is 302 g/mol. The van der Waals surface area contributed by atoms with Gasteiger partial charge in [0, 0.05) is 6.08 Å². The molecule has 1 heterocycles. The van der Waals surface area contributed by atoms with Crippen molar-refractivity contribution in [2.45, 2.75) is 13.3 Å². The van der Waals surface area contributed by atoms with Crippen molar-refractivity contribution in [2.75, 3.05) is 19.5 Å². The average molecular weight is 319 g/mol. The number of carbonyl (C=O) groups is 1. The SMILES string of the molecule is CCc1nnc(NC(=O)C=Cc2ccc(OC)c(OC)c2)s1. The highest BCUT2D eigenvalue weighted by Gasteiger charge is 2.06. The topological polar surface area (TPSA) is 73.3 Å². The van der Waals surface area contributed by atoms with E-state index in [4.69, 9.17) is 9.47 Å². The van der Waals surface area contributed by atoms with Gasteiger partial charge in [0.2, 0.25) is 11.0 Å². The summed E-state index contributed by atoms with van der Waals surface area (Å²) in [5.41, 5.74) is 0.833. The van der Waals surface area contributed by atoms with Crippen molar-refractivity contribution in [1.82, 2.24) is 10.2 Å². The summed E-state index contributed by atoms with van der Waals surface area (Å²) in [6.45, 7) is 1.99. The maximum Gasteiger partial charge on any atom is 0.250 e. The molecule has 0 radical (unpaired) electrons. The predicted molar refractivity (Wildman–Crippen MR) is 86.5 cm³/mol. The van der Waals surface area contributed by atoms with Gasteiger partial charge in [-0.1, -0.05) is 24.3 Å². The molecule has 0 unspecified atom stereocenters. The number of ether oxygens (including phenoxy) is 2. The van der Waals surface area contributed by atoms with Crippen LogP contribution in [0.25, 0.3) is 6.08 Å². The Kier molecular flexibility index (Phi) is 5.48. The highest BCUT2D eigenvalue weighted by molar-refractivity contribution is 7.15. The zero-order chi connectivity index (χ0) is 15.9. The number of aryl methyl sites for hydroxylation is 1. The molecule has 0 saturated heterocycles. The molecule has 0 aliphatic carbocycles. The Bertz CT molecular complexity index is 682. The van der Waals surface area contributed by atoms with E-state index in [0.29, 0.717) is 16.6 Å². The summed E-state index contributed by atoms with van der Waals surface area (Å²) in [6, 6.07) is 5.42. The largest absolute Gasteiger partial charge is 0.493 e. The molecule has 0 fully saturated rings. The Labute approximate surface area is 132 Å². The number of nitrogens with one attached hydrogen (secondary N) is 1. The lowest BCUT2D eigenvalue weighted by molar-refractivity contribution is -0.111. The molecule has 116 valence electrons. The third-order valence-electron chi connectivity index (χ3n) is 2.83. The van der Waals surface area contributed by atoms with Crippen molar-refractivity contribution in [1.29, 1.82) is 0 Å². The van der Waals surface area contributed by atoms with Crippen LogP contribution in [0.1, 0.15) is 17.5 Å². The Morgan fingerprint density at radius 2 is 2.05 bits per heavy atom. The lowest BCUT2D eigenvalue weighted by atomic mass is 10.2. The number of methoxy groups -OCH3 is 2. The monoisotopic (exact) mass is 319 g/mol. The summed E-state index contributed by atoms with van der Waals surface area (Å²) in [7, 11) is 3.15. The first-order valence-electron chi connectivity index (χ1n) is 6.69. The van der Waals surface area contributed by atoms with Crippen LogP contribution >= 0.6 is 11.3 Å². The highest BCUT2D eigenvalue weighted by Crippen LogP contribution is 2.28. The van der Waals surface area contributed by atoms with Crippen molar-refractivity contribution in [3.8, 4) is 11.5 Å². The molecule has 22 heavy (non-hydrogen) atoms. The molecule has 6 nitrogen and oxygen atoms in total. The molecule has 1 amide bonds. The number of amides is 1. The van der Waals surface area contributed by atoms with Crippen molar-refractivity contribution in [3.05, 3.63) is 34.8 Å². The molecule has 0 spiro atoms. The van der Waals surface area contributed by atoms with E-state index in [1.54, 1.807) is 32.4 Å². The second kappa shape index (κ2) is 7.56. The zero-order valence-corrected chi connectivity index (χ0v) is 13.4. The van der Waals surface area contributed by atoms with Gasteiger partial charge in [-0.05, 0) is 30.2 Å². The van der Waals surface area contributed by atoms with Gasteiger partial charge in [0.1, 0.15) is 5.01 Å². The van der Waals surface area contributed by atoms with Crippen LogP contribution in [0.2, 0.25) is 0 Å². The minimum absolute atomic E-state index is 0.256. The Morgan fingerprint density at radius 1 is 1.27 bits per heavy atom. The number of anilines is 1. The van der Waals surface area contributed by atoms with E-state index in [1.165, 1.54) is 17.4 Å². The molecule has 2 aromatic rings. The van der Waals surface area contributed by atoms with E-state index < -0.39 is 0 Å². The summed E-state index contributed by atoms with van der Waals surface area (Å²) >= 11 is 1.37. The molecule has 0 bridgehead atoms. The van der Waals surface area contributed by atoms with Gasteiger partial charge < -0.3 is 9.47 Å². The van der Waals surface area contributed by atoms with Gasteiger partial charge in [-0.15, -0.1) is 10.2 Å². The van der Waals surface area contributed by atoms with Crippen molar-refractivity contribution in [2.24, 2.45) is 0 Å². The first-order valence-corrected chi connectivity index (χ1v) is 7.51. The van der Waals surface area contributed by atoms with E-state index in [0.717, 1.165) is 17.0 Å². The summed E-state index contributed by atoms with van der Waals surface area (Å²) in [4.78, 5) is 11.8. The zero-order valence-electron chi connectivity index (χ0n) is 12.6. The molecule has 1 aromatic carbocycles. The number of carbonyl (C=O) groups excluding carboxylic acids is 1. The molecule has 2 rings (SSSR count). The molecule has 0 atom stereocenters. The molecule has 0 saturated carbocycles. The van der Waals surface area contributed by atoms with Gasteiger partial charge in [0.05, 0.1) is 14.2 Å². The van der Waals surface area contributed by atoms with E-state index >= 15 is 0 Å². The second-order valence-electron chi connectivity index (χ2n) is 4.29. The minimum atomic E-state index is -0.256. The van der Waals surface area contributed by atoms with Gasteiger partial charge in [0.15, 0.2) is 11.5 Å². The first-order chi connectivity index (χ1) is 10.7. The number of rotatable bonds is 6. The van der Waals surface area contributed by atoms with Gasteiger partial charge >= 0.3 is 0 Å². The molecule has 1 N–H and O–H groups in total. The number of aromatic nitrogens is 2. The van der Waals surface area contributed by atoms with E-state index in [2.05, 4.69) is 15.5 Å². The number of nitrogens with zero attached hydrogens (tertiary/aromatic N) is 2. The molecule has 0 aliphatic rings. The summed E-state index contributed by atoms with van der Waals surface area (Å²) in [5.74, 6) is 1.00. The summed E-state index contributed by atoms with van der Waals surface area (Å²) in [5, 5.41) is 11.9. The fraction of sp³-hybridized carbons (Fsp3) is 0.267. The van der Waals surface area contributed by atoms with Crippen molar-refractivity contribution in [3.63, 3.8) is 0 Å². The van der Waals surface area contributed by atoms with E-state index in [1.807, 2.05) is 13.0 Å². The standard InChI is InChI=1S/C15H17N3O3S/c1-4-14-17-18-15(22-14)16-13(19)8-6-10-5-7-11(20-2)12(9-10)21-3/h5-9H,4H2,1-3H3,(H,16,18,19). The summed E-state index contributed by atoms with van der Waals surface area (Å²) < 4.78 is 10.4. The van der Waals surface area contributed by atoms with Crippen LogP contribution in [0.15, 0.2) is 24.3 Å². The third-order valence-corrected chi connectivity index (χ3v) is 3.82. The second-order valence-corrected chi connectivity index (χ2v) is 5.35. The predicted octanol–water partition coefficient (Wildman–Crippen LogP) is 2.77. The van der Waals surface area contributed by atoms with Gasteiger partial charge in [-0.3, -0.25) is 10.1 Å². The van der Waals surface area contributed by atoms with Crippen LogP contribution in [0, 0.1) is 0 Å². The first kappa shape index (κ1) is 16.0. The Morgan fingerprint density at radius 3 is 2.68 bits per heavy atom. The molecule has 0 aliphatic heterocycles. The number of hydrogen-bond acceptors (Lipinski definition) is 6. The van der Waals surface area contributed by atoms with Gasteiger partial charge in [0.25, 0.3) is 0 Å². The van der Waals surface area contributed by atoms with Crippen LogP contribution < -0.4 is 14.8 Å². The van der Waals surface area contributed by atoms with Crippen LogP contribution in [-0.4, -0.2) is 30.3 Å². The Hall–Kier alpha value is -2.41. The Balaban J connectivity index is 2.02. The van der Waals surface area contributed by atoms with Gasteiger partial charge in [-0.2, -0.15) is 0 Å². The van der Waals surface area contributed by atoms with E-state index in [-0.39, 0.29) is 5.91 Å². The van der Waals surface area contributed by atoms with Crippen molar-refractivity contribution >= 4 is 28.5 Å². The smallest absolute Gasteiger partial charge is 0.250 e. The third kappa shape index (κ3) is 4.05. The van der Waals surface area contributed by atoms with Crippen molar-refractivity contribution < 1.29 is 14.3 Å². The quantitative estimate of drug-likeness (QED) is 0.829. The average Bonchev–Trinajstić information content (AvgIpc) is 3.00. The molecule has 1 aromatic heterocycles.